The number of anilines is 1. The molecule has 31 heavy (non-hydrogen) atoms. The third kappa shape index (κ3) is 7.58. The maximum absolute atomic E-state index is 12.2. The van der Waals surface area contributed by atoms with Crippen LogP contribution in [0.4, 0.5) is 5.69 Å². The predicted octanol–water partition coefficient (Wildman–Crippen LogP) is 3.49. The van der Waals surface area contributed by atoms with Crippen LogP contribution in [0.15, 0.2) is 72.1 Å². The Hall–Kier alpha value is -3.10. The number of amides is 2. The average Bonchev–Trinajstić information content (AvgIpc) is 3.20. The van der Waals surface area contributed by atoms with Crippen molar-refractivity contribution < 1.29 is 14.3 Å². The van der Waals surface area contributed by atoms with Gasteiger partial charge in [0, 0.05) is 43.8 Å². The average molecular weight is 439 g/mol. The second-order valence-corrected chi connectivity index (χ2v) is 7.83. The summed E-state index contributed by atoms with van der Waals surface area (Å²) in [6.45, 7) is 1.69. The zero-order chi connectivity index (χ0) is 21.9. The molecular weight excluding hydrogens is 412 g/mol. The van der Waals surface area contributed by atoms with Crippen LogP contribution in [0.5, 0.6) is 0 Å². The van der Waals surface area contributed by atoms with E-state index in [4.69, 9.17) is 4.74 Å². The first kappa shape index (κ1) is 22.6. The van der Waals surface area contributed by atoms with Gasteiger partial charge in [0.15, 0.2) is 5.16 Å². The second kappa shape index (κ2) is 11.9. The van der Waals surface area contributed by atoms with Crippen molar-refractivity contribution in [2.24, 2.45) is 7.05 Å². The van der Waals surface area contributed by atoms with Gasteiger partial charge in [0.25, 0.3) is 5.91 Å². The van der Waals surface area contributed by atoms with Gasteiger partial charge in [-0.3, -0.25) is 9.59 Å². The molecule has 1 aromatic heterocycles. The van der Waals surface area contributed by atoms with Gasteiger partial charge in [-0.25, -0.2) is 4.98 Å². The van der Waals surface area contributed by atoms with Gasteiger partial charge in [0.05, 0.1) is 12.4 Å². The lowest BCUT2D eigenvalue weighted by Gasteiger charge is -2.08. The molecule has 0 unspecified atom stereocenters. The van der Waals surface area contributed by atoms with Crippen LogP contribution >= 0.6 is 11.8 Å². The number of carbonyl (C=O) groups is 2. The molecule has 7 nitrogen and oxygen atoms in total. The first-order valence-corrected chi connectivity index (χ1v) is 11.0. The van der Waals surface area contributed by atoms with Crippen molar-refractivity contribution in [1.29, 1.82) is 0 Å². The highest BCUT2D eigenvalue weighted by Gasteiger charge is 2.08. The van der Waals surface area contributed by atoms with E-state index < -0.39 is 0 Å². The van der Waals surface area contributed by atoms with Crippen LogP contribution in [0.25, 0.3) is 0 Å². The molecule has 2 aromatic carbocycles. The van der Waals surface area contributed by atoms with E-state index in [-0.39, 0.29) is 17.6 Å². The molecule has 2 amide bonds. The van der Waals surface area contributed by atoms with Gasteiger partial charge in [-0.1, -0.05) is 42.1 Å². The summed E-state index contributed by atoms with van der Waals surface area (Å²) in [4.78, 5) is 28.5. The third-order valence-corrected chi connectivity index (χ3v) is 5.46. The van der Waals surface area contributed by atoms with E-state index in [1.54, 1.807) is 30.5 Å². The number of benzene rings is 2. The third-order valence-electron chi connectivity index (χ3n) is 4.40. The number of thioether (sulfide) groups is 1. The van der Waals surface area contributed by atoms with Crippen molar-refractivity contribution in [2.75, 3.05) is 24.2 Å². The van der Waals surface area contributed by atoms with Crippen molar-refractivity contribution >= 4 is 29.3 Å². The lowest BCUT2D eigenvalue weighted by atomic mass is 10.2. The Kier molecular flexibility index (Phi) is 8.69. The Balaban J connectivity index is 1.32. The fraction of sp³-hybridized carbons (Fsp3) is 0.261. The number of hydrogen-bond acceptors (Lipinski definition) is 5. The van der Waals surface area contributed by atoms with Gasteiger partial charge < -0.3 is 19.9 Å². The number of rotatable bonds is 11. The summed E-state index contributed by atoms with van der Waals surface area (Å²) in [6.07, 6.45) is 4.27. The number of nitrogens with zero attached hydrogens (tertiary/aromatic N) is 2. The van der Waals surface area contributed by atoms with Crippen LogP contribution in [-0.4, -0.2) is 40.3 Å². The van der Waals surface area contributed by atoms with Crippen LogP contribution in [0.2, 0.25) is 0 Å². The van der Waals surface area contributed by atoms with Crippen LogP contribution in [0.1, 0.15) is 22.3 Å². The standard InChI is InChI=1S/C23H26N4O3S/c1-27-14-13-25-23(27)31-17-21(28)26-20-10-8-19(9-11-20)22(29)24-12-5-15-30-16-18-6-3-2-4-7-18/h2-4,6-11,13-14H,5,12,15-17H2,1H3,(H,24,29)(H,26,28). The smallest absolute Gasteiger partial charge is 0.251 e. The largest absolute Gasteiger partial charge is 0.377 e. The highest BCUT2D eigenvalue weighted by Crippen LogP contribution is 2.15. The molecule has 3 aromatic rings. The molecule has 3 rings (SSSR count). The molecule has 0 aliphatic carbocycles. The number of hydrogen-bond donors (Lipinski definition) is 2. The maximum atomic E-state index is 12.2. The number of nitrogens with one attached hydrogen (secondary N) is 2. The van der Waals surface area contributed by atoms with Crippen molar-refractivity contribution in [2.45, 2.75) is 18.2 Å². The fourth-order valence-corrected chi connectivity index (χ4v) is 3.50. The molecule has 0 aliphatic heterocycles. The molecule has 0 atom stereocenters. The molecular formula is C23H26N4O3S. The van der Waals surface area contributed by atoms with Crippen molar-refractivity contribution in [3.8, 4) is 0 Å². The van der Waals surface area contributed by atoms with E-state index in [9.17, 15) is 9.59 Å². The van der Waals surface area contributed by atoms with E-state index in [1.807, 2.05) is 48.1 Å². The summed E-state index contributed by atoms with van der Waals surface area (Å²) in [5, 5.41) is 6.49. The molecule has 0 aliphatic rings. The van der Waals surface area contributed by atoms with Crippen LogP contribution in [0, 0.1) is 0 Å². The fourth-order valence-electron chi connectivity index (χ4n) is 2.77. The van der Waals surface area contributed by atoms with Gasteiger partial charge in [0.1, 0.15) is 0 Å². The monoisotopic (exact) mass is 438 g/mol. The van der Waals surface area contributed by atoms with Crippen molar-refractivity contribution in [3.63, 3.8) is 0 Å². The second-order valence-electron chi connectivity index (χ2n) is 6.88. The number of ether oxygens (including phenoxy) is 1. The number of carbonyl (C=O) groups excluding carboxylic acids is 2. The van der Waals surface area contributed by atoms with E-state index in [2.05, 4.69) is 15.6 Å². The first-order valence-electron chi connectivity index (χ1n) is 10.0. The lowest BCUT2D eigenvalue weighted by Crippen LogP contribution is -2.25. The van der Waals surface area contributed by atoms with Gasteiger partial charge in [-0.2, -0.15) is 0 Å². The summed E-state index contributed by atoms with van der Waals surface area (Å²) in [5.41, 5.74) is 2.33. The lowest BCUT2D eigenvalue weighted by molar-refractivity contribution is -0.113. The highest BCUT2D eigenvalue weighted by molar-refractivity contribution is 7.99. The first-order chi connectivity index (χ1) is 15.1. The molecule has 162 valence electrons. The van der Waals surface area contributed by atoms with Crippen molar-refractivity contribution in [3.05, 3.63) is 78.1 Å². The Morgan fingerprint density at radius 2 is 1.87 bits per heavy atom. The minimum atomic E-state index is -0.147. The van der Waals surface area contributed by atoms with E-state index in [1.165, 1.54) is 11.8 Å². The van der Waals surface area contributed by atoms with E-state index in [0.717, 1.165) is 17.1 Å². The normalized spacial score (nSPS) is 10.6. The van der Waals surface area contributed by atoms with Crippen LogP contribution < -0.4 is 10.6 Å². The zero-order valence-electron chi connectivity index (χ0n) is 17.4. The summed E-state index contributed by atoms with van der Waals surface area (Å²) in [5.74, 6) is -0.00799. The molecule has 2 N–H and O–H groups in total. The maximum Gasteiger partial charge on any atom is 0.251 e. The van der Waals surface area contributed by atoms with Crippen molar-refractivity contribution in [1.82, 2.24) is 14.9 Å². The molecule has 0 fully saturated rings. The van der Waals surface area contributed by atoms with Crippen LogP contribution in [0.3, 0.4) is 0 Å². The minimum absolute atomic E-state index is 0.124. The molecule has 8 heteroatoms. The highest BCUT2D eigenvalue weighted by atomic mass is 32.2. The predicted molar refractivity (Wildman–Crippen MR) is 122 cm³/mol. The zero-order valence-corrected chi connectivity index (χ0v) is 18.2. The van der Waals surface area contributed by atoms with Gasteiger partial charge in [-0.15, -0.1) is 0 Å². The number of aromatic nitrogens is 2. The molecule has 0 saturated carbocycles. The molecule has 0 spiro atoms. The Morgan fingerprint density at radius 3 is 2.58 bits per heavy atom. The topological polar surface area (TPSA) is 85.2 Å². The summed E-state index contributed by atoms with van der Waals surface area (Å²) >= 11 is 1.37. The summed E-state index contributed by atoms with van der Waals surface area (Å²) < 4.78 is 7.47. The van der Waals surface area contributed by atoms with Gasteiger partial charge >= 0.3 is 0 Å². The molecule has 0 bridgehead atoms. The van der Waals surface area contributed by atoms with Gasteiger partial charge in [0.2, 0.25) is 5.91 Å². The Morgan fingerprint density at radius 1 is 1.10 bits per heavy atom. The number of imidazole rings is 1. The van der Waals surface area contributed by atoms with E-state index >= 15 is 0 Å². The number of aryl methyl sites for hydroxylation is 1. The Bertz CT molecular complexity index is 974. The SMILES string of the molecule is Cn1ccnc1SCC(=O)Nc1ccc(C(=O)NCCCOCc2ccccc2)cc1. The summed E-state index contributed by atoms with van der Waals surface area (Å²) in [6, 6.07) is 16.8. The van der Waals surface area contributed by atoms with Crippen LogP contribution in [-0.2, 0) is 23.2 Å². The molecule has 0 radical (unpaired) electrons. The Labute approximate surface area is 186 Å². The van der Waals surface area contributed by atoms with E-state index in [0.29, 0.717) is 31.0 Å². The molecule has 0 saturated heterocycles. The quantitative estimate of drug-likeness (QED) is 0.354. The molecule has 1 heterocycles. The summed E-state index contributed by atoms with van der Waals surface area (Å²) in [7, 11) is 1.88. The minimum Gasteiger partial charge on any atom is -0.377 e. The van der Waals surface area contributed by atoms with Gasteiger partial charge in [-0.05, 0) is 36.2 Å².